The highest BCUT2D eigenvalue weighted by molar-refractivity contribution is 5.72. The number of alkyl halides is 4. The summed E-state index contributed by atoms with van der Waals surface area (Å²) in [6.07, 6.45) is -4.97. The van der Waals surface area contributed by atoms with E-state index in [-0.39, 0.29) is 18.7 Å². The molecule has 0 amide bonds. The number of hydrogen-bond acceptors (Lipinski definition) is 4. The van der Waals surface area contributed by atoms with E-state index in [1.165, 1.54) is 21.5 Å². The molecule has 10 heteroatoms. The Hall–Kier alpha value is -2.23. The van der Waals surface area contributed by atoms with Crippen LogP contribution in [0.1, 0.15) is 27.6 Å². The van der Waals surface area contributed by atoms with Gasteiger partial charge in [0.15, 0.2) is 6.29 Å². The number of aldehydes is 1. The number of aromatic nitrogens is 4. The fraction of sp³-hybridized carbons (Fsp3) is 0.500. The van der Waals surface area contributed by atoms with Crippen molar-refractivity contribution in [1.82, 2.24) is 19.6 Å². The number of carbonyl (C=O) groups is 1. The third-order valence-electron chi connectivity index (χ3n) is 3.00. The Morgan fingerprint density at radius 3 is 1.92 bits per heavy atom. The van der Waals surface area contributed by atoms with Crippen LogP contribution >= 0.6 is 0 Å². The van der Waals surface area contributed by atoms with Crippen LogP contribution in [0.25, 0.3) is 0 Å². The van der Waals surface area contributed by atoms with Gasteiger partial charge in [-0.05, 0) is 12.1 Å². The van der Waals surface area contributed by atoms with Crippen molar-refractivity contribution in [1.29, 1.82) is 0 Å². The standard InChI is InChI=1S/C7H10F2N2O.C7H8F2N2O/c2*1-11-6(4-12)2-5(10-11)3-7(8)9/h2,7,12H,3-4H2,1H3;2,4,7H,3H2,1H3. The van der Waals surface area contributed by atoms with Crippen LogP contribution in [0.2, 0.25) is 0 Å². The average molecular weight is 350 g/mol. The van der Waals surface area contributed by atoms with Crippen LogP contribution in [-0.4, -0.2) is 43.8 Å². The highest BCUT2D eigenvalue weighted by atomic mass is 19.3. The van der Waals surface area contributed by atoms with Gasteiger partial charge in [0, 0.05) is 14.1 Å². The van der Waals surface area contributed by atoms with E-state index in [1.807, 2.05) is 0 Å². The SMILES string of the molecule is Cn1nc(CC(F)F)cc1C=O.Cn1nc(CC(F)F)cc1CO. The van der Waals surface area contributed by atoms with Gasteiger partial charge in [0.2, 0.25) is 12.9 Å². The smallest absolute Gasteiger partial charge is 0.244 e. The summed E-state index contributed by atoms with van der Waals surface area (Å²) in [5.41, 5.74) is 1.42. The normalized spacial score (nSPS) is 10.9. The van der Waals surface area contributed by atoms with Crippen LogP contribution < -0.4 is 0 Å². The molecule has 0 spiro atoms. The molecule has 0 aromatic carbocycles. The molecule has 2 heterocycles. The number of halogens is 4. The van der Waals surface area contributed by atoms with Crippen LogP contribution in [-0.2, 0) is 33.5 Å². The third kappa shape index (κ3) is 6.11. The molecule has 6 nitrogen and oxygen atoms in total. The molecule has 2 aromatic rings. The molecule has 0 bridgehead atoms. The first-order valence-corrected chi connectivity index (χ1v) is 6.93. The van der Waals surface area contributed by atoms with E-state index in [0.717, 1.165) is 0 Å². The maximum Gasteiger partial charge on any atom is 0.244 e. The molecule has 0 radical (unpaired) electrons. The molecule has 0 aliphatic heterocycles. The van der Waals surface area contributed by atoms with Crippen LogP contribution in [0.15, 0.2) is 12.1 Å². The van der Waals surface area contributed by atoms with E-state index >= 15 is 0 Å². The van der Waals surface area contributed by atoms with Crippen molar-refractivity contribution in [3.05, 3.63) is 34.9 Å². The minimum absolute atomic E-state index is 0.174. The monoisotopic (exact) mass is 350 g/mol. The Kier molecular flexibility index (Phi) is 7.56. The molecule has 2 rings (SSSR count). The van der Waals surface area contributed by atoms with Gasteiger partial charge in [0.05, 0.1) is 36.5 Å². The first kappa shape index (κ1) is 19.8. The van der Waals surface area contributed by atoms with Crippen molar-refractivity contribution in [2.45, 2.75) is 32.3 Å². The van der Waals surface area contributed by atoms with Gasteiger partial charge in [-0.3, -0.25) is 14.2 Å². The summed E-state index contributed by atoms with van der Waals surface area (Å²) >= 11 is 0. The number of aliphatic hydroxyl groups excluding tert-OH is 1. The first-order valence-electron chi connectivity index (χ1n) is 6.93. The number of carbonyl (C=O) groups excluding carboxylic acids is 1. The molecule has 0 aliphatic rings. The lowest BCUT2D eigenvalue weighted by Crippen LogP contribution is -1.99. The maximum atomic E-state index is 11.9. The lowest BCUT2D eigenvalue weighted by atomic mass is 10.3. The number of nitrogens with zero attached hydrogens (tertiary/aromatic N) is 4. The maximum absolute atomic E-state index is 11.9. The van der Waals surface area contributed by atoms with Gasteiger partial charge in [-0.25, -0.2) is 17.6 Å². The largest absolute Gasteiger partial charge is 0.390 e. The quantitative estimate of drug-likeness (QED) is 0.636. The van der Waals surface area contributed by atoms with Gasteiger partial charge in [0.1, 0.15) is 5.69 Å². The van der Waals surface area contributed by atoms with Gasteiger partial charge in [0.25, 0.3) is 0 Å². The van der Waals surface area contributed by atoms with Crippen LogP contribution in [0, 0.1) is 0 Å². The van der Waals surface area contributed by atoms with Gasteiger partial charge < -0.3 is 5.11 Å². The molecule has 0 saturated carbocycles. The Balaban J connectivity index is 0.000000240. The summed E-state index contributed by atoms with van der Waals surface area (Å²) in [5.74, 6) is 0. The van der Waals surface area contributed by atoms with Crippen molar-refractivity contribution in [2.24, 2.45) is 14.1 Å². The van der Waals surface area contributed by atoms with E-state index in [9.17, 15) is 22.4 Å². The summed E-state index contributed by atoms with van der Waals surface area (Å²) in [7, 11) is 3.15. The van der Waals surface area contributed by atoms with Crippen molar-refractivity contribution < 1.29 is 27.5 Å². The predicted molar refractivity (Wildman–Crippen MR) is 77.1 cm³/mol. The summed E-state index contributed by atoms with van der Waals surface area (Å²) < 4.78 is 50.0. The Morgan fingerprint density at radius 2 is 1.54 bits per heavy atom. The number of hydrogen-bond donors (Lipinski definition) is 1. The molecule has 1 N–H and O–H groups in total. The lowest BCUT2D eigenvalue weighted by Gasteiger charge is -1.93. The summed E-state index contributed by atoms with van der Waals surface area (Å²) in [6, 6.07) is 2.84. The first-order chi connectivity index (χ1) is 11.3. The fourth-order valence-electron chi connectivity index (χ4n) is 1.89. The van der Waals surface area contributed by atoms with Crippen LogP contribution in [0.4, 0.5) is 17.6 Å². The van der Waals surface area contributed by atoms with Crippen LogP contribution in [0.3, 0.4) is 0 Å². The molecular formula is C14H18F4N4O2. The lowest BCUT2D eigenvalue weighted by molar-refractivity contribution is 0.111. The minimum atomic E-state index is -2.42. The van der Waals surface area contributed by atoms with E-state index in [4.69, 9.17) is 5.11 Å². The second kappa shape index (κ2) is 9.16. The van der Waals surface area contributed by atoms with Crippen molar-refractivity contribution in [2.75, 3.05) is 0 Å². The van der Waals surface area contributed by atoms with E-state index in [2.05, 4.69) is 10.2 Å². The summed E-state index contributed by atoms with van der Waals surface area (Å²) in [6.45, 7) is -0.174. The number of rotatable bonds is 6. The highest BCUT2D eigenvalue weighted by Gasteiger charge is 2.10. The Bertz CT molecular complexity index is 655. The van der Waals surface area contributed by atoms with Gasteiger partial charge >= 0.3 is 0 Å². The van der Waals surface area contributed by atoms with Gasteiger partial charge in [-0.15, -0.1) is 0 Å². The zero-order valence-electron chi connectivity index (χ0n) is 13.2. The van der Waals surface area contributed by atoms with Crippen molar-refractivity contribution in [3.8, 4) is 0 Å². The fourth-order valence-corrected chi connectivity index (χ4v) is 1.89. The van der Waals surface area contributed by atoms with E-state index < -0.39 is 19.3 Å². The third-order valence-corrected chi connectivity index (χ3v) is 3.00. The zero-order valence-corrected chi connectivity index (χ0v) is 13.2. The second-order valence-electron chi connectivity index (χ2n) is 4.90. The molecule has 134 valence electrons. The summed E-state index contributed by atoms with van der Waals surface area (Å²) in [4.78, 5) is 10.3. The van der Waals surface area contributed by atoms with E-state index in [1.54, 1.807) is 14.1 Å². The molecule has 24 heavy (non-hydrogen) atoms. The van der Waals surface area contributed by atoms with E-state index in [0.29, 0.717) is 23.4 Å². The van der Waals surface area contributed by atoms with Gasteiger partial charge in [-0.2, -0.15) is 10.2 Å². The Morgan fingerprint density at radius 1 is 1.04 bits per heavy atom. The molecule has 0 atom stereocenters. The molecule has 0 aliphatic carbocycles. The molecular weight excluding hydrogens is 332 g/mol. The average Bonchev–Trinajstić information content (AvgIpc) is 3.00. The van der Waals surface area contributed by atoms with Crippen LogP contribution in [0.5, 0.6) is 0 Å². The number of aliphatic hydroxyl groups is 1. The van der Waals surface area contributed by atoms with Crippen molar-refractivity contribution >= 4 is 6.29 Å². The van der Waals surface area contributed by atoms with Gasteiger partial charge in [-0.1, -0.05) is 0 Å². The molecule has 0 fully saturated rings. The topological polar surface area (TPSA) is 72.9 Å². The zero-order chi connectivity index (χ0) is 18.3. The Labute approximate surface area is 135 Å². The van der Waals surface area contributed by atoms with Crippen molar-refractivity contribution in [3.63, 3.8) is 0 Å². The highest BCUT2D eigenvalue weighted by Crippen LogP contribution is 2.08. The minimum Gasteiger partial charge on any atom is -0.390 e. The molecule has 0 unspecified atom stereocenters. The molecule has 0 saturated heterocycles. The number of aryl methyl sites for hydroxylation is 2. The summed E-state index contributed by atoms with van der Waals surface area (Å²) in [5, 5.41) is 16.2. The second-order valence-corrected chi connectivity index (χ2v) is 4.90. The predicted octanol–water partition coefficient (Wildman–Crippen LogP) is 1.76. The molecule has 2 aromatic heterocycles.